The molecule has 1 amide bonds. The van der Waals surface area contributed by atoms with E-state index in [0.29, 0.717) is 29.8 Å². The Bertz CT molecular complexity index is 1230. The monoisotopic (exact) mass is 565 g/mol. The van der Waals surface area contributed by atoms with E-state index in [9.17, 15) is 4.79 Å². The fourth-order valence-corrected chi connectivity index (χ4v) is 5.76. The summed E-state index contributed by atoms with van der Waals surface area (Å²) in [5.41, 5.74) is 1.78. The highest BCUT2D eigenvalue weighted by Crippen LogP contribution is 2.27. The number of pyridine rings is 1. The largest absolute Gasteiger partial charge is 0.497 e. The molecule has 0 aliphatic carbocycles. The van der Waals surface area contributed by atoms with Crippen molar-refractivity contribution in [3.8, 4) is 11.5 Å². The highest BCUT2D eigenvalue weighted by Gasteiger charge is 2.28. The number of hydrogen-bond acceptors (Lipinski definition) is 7. The number of rotatable bonds is 10. The first-order valence-electron chi connectivity index (χ1n) is 14.0. The summed E-state index contributed by atoms with van der Waals surface area (Å²) >= 11 is 6.60. The summed E-state index contributed by atoms with van der Waals surface area (Å²) in [6.45, 7) is 7.75. The quantitative estimate of drug-likeness (QED) is 0.361. The summed E-state index contributed by atoms with van der Waals surface area (Å²) in [6.07, 6.45) is 3.99. The van der Waals surface area contributed by atoms with Crippen LogP contribution in [0.5, 0.6) is 11.5 Å². The summed E-state index contributed by atoms with van der Waals surface area (Å²) in [4.78, 5) is 24.5. The van der Waals surface area contributed by atoms with Gasteiger partial charge in [-0.3, -0.25) is 14.6 Å². The van der Waals surface area contributed by atoms with E-state index < -0.39 is 0 Å². The van der Waals surface area contributed by atoms with E-state index in [0.717, 1.165) is 63.1 Å². The molecule has 1 aromatic heterocycles. The van der Waals surface area contributed by atoms with Gasteiger partial charge >= 0.3 is 0 Å². The minimum absolute atomic E-state index is 0. The van der Waals surface area contributed by atoms with Gasteiger partial charge in [-0.1, -0.05) is 41.9 Å². The number of para-hydroxylation sites is 1. The Balaban J connectivity index is 0.00000387. The van der Waals surface area contributed by atoms with Crippen LogP contribution in [0.25, 0.3) is 0 Å². The molecule has 2 aromatic carbocycles. The van der Waals surface area contributed by atoms with E-state index in [-0.39, 0.29) is 7.33 Å². The third-order valence-electron chi connectivity index (χ3n) is 7.74. The van der Waals surface area contributed by atoms with Gasteiger partial charge in [0.25, 0.3) is 5.91 Å². The molecule has 2 aliphatic rings. The van der Waals surface area contributed by atoms with Gasteiger partial charge in [-0.25, -0.2) is 4.98 Å². The number of piperazine rings is 1. The highest BCUT2D eigenvalue weighted by molar-refractivity contribution is 6.33. The molecular formula is C31H40ClN5O3. The first-order valence-corrected chi connectivity index (χ1v) is 14.4. The van der Waals surface area contributed by atoms with Crippen LogP contribution in [0.2, 0.25) is 5.02 Å². The number of likely N-dealkylation sites (tertiary alicyclic amines) is 1. The summed E-state index contributed by atoms with van der Waals surface area (Å²) in [5, 5.41) is 3.38. The number of ether oxygens (including phenoxy) is 2. The molecule has 214 valence electrons. The zero-order chi connectivity index (χ0) is 27.7. The molecular weight excluding hydrogens is 526 g/mol. The van der Waals surface area contributed by atoms with E-state index >= 15 is 0 Å². The number of piperidine rings is 1. The molecule has 0 saturated carbocycles. The number of methoxy groups -OCH3 is 1. The van der Waals surface area contributed by atoms with Crippen LogP contribution in [0.4, 0.5) is 5.82 Å². The van der Waals surface area contributed by atoms with Gasteiger partial charge in [-0.2, -0.15) is 0 Å². The number of aromatic nitrogens is 1. The maximum Gasteiger partial charge on any atom is 0.253 e. The Morgan fingerprint density at radius 3 is 2.40 bits per heavy atom. The highest BCUT2D eigenvalue weighted by atomic mass is 35.5. The van der Waals surface area contributed by atoms with Crippen molar-refractivity contribution in [2.24, 2.45) is 0 Å². The maximum atomic E-state index is 12.6. The van der Waals surface area contributed by atoms with Crippen molar-refractivity contribution < 1.29 is 15.7 Å². The molecule has 0 atom stereocenters. The number of anilines is 1. The molecule has 8 nitrogen and oxygen atoms in total. The van der Waals surface area contributed by atoms with Crippen LogP contribution in [0.1, 0.15) is 30.2 Å². The summed E-state index contributed by atoms with van der Waals surface area (Å²) in [6, 6.07) is 20.3. The Morgan fingerprint density at radius 2 is 1.73 bits per heavy atom. The molecule has 3 aromatic rings. The zero-order valence-corrected chi connectivity index (χ0v) is 23.9. The molecule has 0 radical (unpaired) electrons. The number of amides is 1. The lowest BCUT2D eigenvalue weighted by molar-refractivity contribution is 0.0946. The number of nitrogens with one attached hydrogen (secondary N) is 1. The van der Waals surface area contributed by atoms with E-state index in [1.807, 2.05) is 42.5 Å². The molecule has 0 unspecified atom stereocenters. The van der Waals surface area contributed by atoms with Crippen molar-refractivity contribution >= 4 is 23.3 Å². The van der Waals surface area contributed by atoms with Crippen LogP contribution in [-0.4, -0.2) is 86.3 Å². The van der Waals surface area contributed by atoms with Crippen LogP contribution in [-0.2, 0) is 6.54 Å². The van der Waals surface area contributed by atoms with Gasteiger partial charge < -0.3 is 19.7 Å². The molecule has 0 bridgehead atoms. The van der Waals surface area contributed by atoms with Gasteiger partial charge in [0.2, 0.25) is 0 Å². The van der Waals surface area contributed by atoms with Crippen molar-refractivity contribution in [2.45, 2.75) is 25.4 Å². The van der Waals surface area contributed by atoms with Gasteiger partial charge in [0.15, 0.2) is 0 Å². The van der Waals surface area contributed by atoms with Crippen molar-refractivity contribution in [1.29, 1.82) is 0 Å². The van der Waals surface area contributed by atoms with E-state index in [2.05, 4.69) is 37.1 Å². The van der Waals surface area contributed by atoms with Crippen molar-refractivity contribution in [3.63, 3.8) is 0 Å². The van der Waals surface area contributed by atoms with E-state index in [1.165, 1.54) is 18.4 Å². The van der Waals surface area contributed by atoms with Crippen molar-refractivity contribution in [1.82, 2.24) is 20.1 Å². The lowest BCUT2D eigenvalue weighted by Crippen LogP contribution is -2.53. The van der Waals surface area contributed by atoms with E-state index in [4.69, 9.17) is 21.1 Å². The van der Waals surface area contributed by atoms with Gasteiger partial charge in [0.1, 0.15) is 23.9 Å². The molecule has 9 heteroatoms. The Labute approximate surface area is 243 Å². The Morgan fingerprint density at radius 1 is 1.00 bits per heavy atom. The normalized spacial score (nSPS) is 17.0. The molecule has 2 aliphatic heterocycles. The average molecular weight is 566 g/mol. The first kappa shape index (κ1) is 28.2. The standard InChI is InChI=1S/C31H38ClN5O3.H2/c1-39-27-9-7-24(8-10-27)23-35-14-11-26(12-15-35)36-16-18-37(19-17-36)30-29(32)21-25(22-34-30)31(38)33-13-20-40-28-5-3-2-4-6-28;/h2-10,21-22,26H,11-20,23H2,1H3,(H,33,38);1H. The van der Waals surface area contributed by atoms with Gasteiger partial charge in [0.05, 0.1) is 24.2 Å². The van der Waals surface area contributed by atoms with Crippen LogP contribution in [0.15, 0.2) is 66.9 Å². The van der Waals surface area contributed by atoms with Crippen molar-refractivity contribution in [2.75, 3.05) is 64.4 Å². The maximum absolute atomic E-state index is 12.6. The van der Waals surface area contributed by atoms with Gasteiger partial charge in [-0.05, 0) is 61.8 Å². The second-order valence-electron chi connectivity index (χ2n) is 10.3. The Hall–Kier alpha value is -3.33. The molecule has 2 saturated heterocycles. The fourth-order valence-electron chi connectivity index (χ4n) is 5.47. The Kier molecular flexibility index (Phi) is 9.76. The van der Waals surface area contributed by atoms with Crippen LogP contribution >= 0.6 is 11.6 Å². The minimum Gasteiger partial charge on any atom is -0.497 e. The van der Waals surface area contributed by atoms with Gasteiger partial charge in [0, 0.05) is 46.4 Å². The lowest BCUT2D eigenvalue weighted by atomic mass is 10.0. The van der Waals surface area contributed by atoms with Gasteiger partial charge in [-0.15, -0.1) is 0 Å². The first-order chi connectivity index (χ1) is 19.6. The molecule has 3 heterocycles. The third-order valence-corrected chi connectivity index (χ3v) is 8.01. The second-order valence-corrected chi connectivity index (χ2v) is 10.7. The SMILES string of the molecule is COc1ccc(CN2CCC(N3CCN(c4ncc(C(=O)NCCOc5ccccc5)cc4Cl)CC3)CC2)cc1.[HH]. The van der Waals surface area contributed by atoms with E-state index in [1.54, 1.807) is 19.4 Å². The predicted molar refractivity (Wildman–Crippen MR) is 161 cm³/mol. The summed E-state index contributed by atoms with van der Waals surface area (Å²) < 4.78 is 10.9. The predicted octanol–water partition coefficient (Wildman–Crippen LogP) is 4.59. The van der Waals surface area contributed by atoms with Crippen LogP contribution < -0.4 is 19.7 Å². The number of carbonyl (C=O) groups is 1. The molecule has 1 N–H and O–H groups in total. The molecule has 5 rings (SSSR count). The lowest BCUT2D eigenvalue weighted by Gasteiger charge is -2.43. The summed E-state index contributed by atoms with van der Waals surface area (Å²) in [5.74, 6) is 2.22. The minimum atomic E-state index is -0.208. The number of hydrogen-bond donors (Lipinski definition) is 1. The smallest absolute Gasteiger partial charge is 0.253 e. The fraction of sp³-hybridized carbons (Fsp3) is 0.419. The number of halogens is 1. The average Bonchev–Trinajstić information content (AvgIpc) is 3.00. The third kappa shape index (κ3) is 7.44. The van der Waals surface area contributed by atoms with Crippen LogP contribution in [0, 0.1) is 0 Å². The topological polar surface area (TPSA) is 70.2 Å². The summed E-state index contributed by atoms with van der Waals surface area (Å²) in [7, 11) is 1.70. The zero-order valence-electron chi connectivity index (χ0n) is 23.1. The second kappa shape index (κ2) is 13.8. The molecule has 2 fully saturated rings. The van der Waals surface area contributed by atoms with Crippen molar-refractivity contribution in [3.05, 3.63) is 83.0 Å². The number of carbonyl (C=O) groups excluding carboxylic acids is 1. The number of nitrogens with zero attached hydrogens (tertiary/aromatic N) is 4. The molecule has 40 heavy (non-hydrogen) atoms. The number of benzene rings is 2. The van der Waals surface area contributed by atoms with Crippen LogP contribution in [0.3, 0.4) is 0 Å². The molecule has 0 spiro atoms.